The molecule has 0 aliphatic heterocycles. The van der Waals surface area contributed by atoms with E-state index < -0.39 is 6.04 Å². The lowest BCUT2D eigenvalue weighted by Gasteiger charge is -2.17. The van der Waals surface area contributed by atoms with Gasteiger partial charge in [-0.05, 0) is 36.2 Å². The molecule has 108 valence electrons. The molecule has 0 spiro atoms. The second kappa shape index (κ2) is 8.79. The number of carbonyl (C=O) groups is 1. The van der Waals surface area contributed by atoms with Crippen molar-refractivity contribution >= 4 is 5.97 Å². The molecule has 1 aromatic rings. The maximum absolute atomic E-state index is 11.8. The van der Waals surface area contributed by atoms with Gasteiger partial charge in [-0.2, -0.15) is 0 Å². The molecule has 1 unspecified atom stereocenters. The van der Waals surface area contributed by atoms with Crippen LogP contribution in [0, 0.1) is 0 Å². The predicted octanol–water partition coefficient (Wildman–Crippen LogP) is 2.20. The molecule has 0 bridgehead atoms. The zero-order valence-electron chi connectivity index (χ0n) is 11.6. The summed E-state index contributed by atoms with van der Waals surface area (Å²) < 4.78 is 9.94. The third-order valence-corrected chi connectivity index (χ3v) is 2.71. The van der Waals surface area contributed by atoms with Gasteiger partial charge in [0, 0.05) is 11.5 Å². The molecule has 0 aromatic heterocycles. The van der Waals surface area contributed by atoms with Crippen molar-refractivity contribution < 1.29 is 14.3 Å². The highest BCUT2D eigenvalue weighted by Crippen LogP contribution is 2.20. The summed E-state index contributed by atoms with van der Waals surface area (Å²) in [5.74, 6) is 0.300. The van der Waals surface area contributed by atoms with E-state index in [0.29, 0.717) is 25.3 Å². The second-order valence-corrected chi connectivity index (χ2v) is 3.99. The summed E-state index contributed by atoms with van der Waals surface area (Å²) in [6.45, 7) is 0.922. The molecule has 0 saturated carbocycles. The highest BCUT2D eigenvalue weighted by atomic mass is 16.5. The molecular weight excluding hydrogens is 260 g/mol. The van der Waals surface area contributed by atoms with Gasteiger partial charge in [-0.1, -0.05) is 17.2 Å². The number of methoxy groups -OCH3 is 2. The van der Waals surface area contributed by atoms with Crippen LogP contribution in [-0.2, 0) is 9.53 Å². The summed E-state index contributed by atoms with van der Waals surface area (Å²) in [5, 5.41) is 6.52. The first-order valence-electron chi connectivity index (χ1n) is 6.19. The van der Waals surface area contributed by atoms with Gasteiger partial charge in [-0.25, -0.2) is 4.79 Å². The van der Waals surface area contributed by atoms with Crippen LogP contribution in [0.1, 0.15) is 18.0 Å². The van der Waals surface area contributed by atoms with Gasteiger partial charge in [0.1, 0.15) is 11.8 Å². The maximum atomic E-state index is 11.8. The van der Waals surface area contributed by atoms with Gasteiger partial charge in [0.05, 0.1) is 14.2 Å². The Morgan fingerprint density at radius 3 is 2.95 bits per heavy atom. The number of ether oxygens (including phenoxy) is 2. The van der Waals surface area contributed by atoms with Crippen LogP contribution in [0.25, 0.3) is 10.4 Å². The minimum atomic E-state index is -0.568. The van der Waals surface area contributed by atoms with Crippen LogP contribution >= 0.6 is 0 Å². The van der Waals surface area contributed by atoms with E-state index in [0.717, 1.165) is 5.56 Å². The van der Waals surface area contributed by atoms with E-state index >= 15 is 0 Å². The van der Waals surface area contributed by atoms with Crippen molar-refractivity contribution in [1.29, 1.82) is 0 Å². The van der Waals surface area contributed by atoms with Crippen molar-refractivity contribution in [3.8, 4) is 5.75 Å². The molecule has 0 radical (unpaired) electrons. The van der Waals surface area contributed by atoms with Crippen LogP contribution in [0.4, 0.5) is 0 Å². The number of nitrogens with one attached hydrogen (secondary N) is 1. The van der Waals surface area contributed by atoms with Crippen molar-refractivity contribution in [2.24, 2.45) is 5.11 Å². The maximum Gasteiger partial charge on any atom is 0.327 e. The van der Waals surface area contributed by atoms with Crippen molar-refractivity contribution in [3.05, 3.63) is 40.3 Å². The molecule has 1 N–H and O–H groups in total. The Morgan fingerprint density at radius 2 is 2.30 bits per heavy atom. The Balaban J connectivity index is 2.72. The summed E-state index contributed by atoms with van der Waals surface area (Å²) >= 11 is 0. The van der Waals surface area contributed by atoms with Crippen LogP contribution in [0.15, 0.2) is 29.4 Å². The van der Waals surface area contributed by atoms with Gasteiger partial charge >= 0.3 is 5.97 Å². The largest absolute Gasteiger partial charge is 0.497 e. The number of hydrogen-bond acceptors (Lipinski definition) is 5. The van der Waals surface area contributed by atoms with Crippen molar-refractivity contribution in [2.75, 3.05) is 27.3 Å². The van der Waals surface area contributed by atoms with Gasteiger partial charge in [0.15, 0.2) is 0 Å². The molecule has 20 heavy (non-hydrogen) atoms. The topological polar surface area (TPSA) is 96.3 Å². The average molecular weight is 278 g/mol. The van der Waals surface area contributed by atoms with E-state index in [2.05, 4.69) is 15.3 Å². The Labute approximate surface area is 117 Å². The van der Waals surface area contributed by atoms with Crippen molar-refractivity contribution in [1.82, 2.24) is 5.32 Å². The SMILES string of the molecule is COC(=O)C(NCCCN=[N+]=[N-])c1cccc(OC)c1. The van der Waals surface area contributed by atoms with Gasteiger partial charge in [0.2, 0.25) is 0 Å². The number of benzene rings is 1. The van der Waals surface area contributed by atoms with Crippen LogP contribution < -0.4 is 10.1 Å². The van der Waals surface area contributed by atoms with E-state index in [1.54, 1.807) is 19.2 Å². The van der Waals surface area contributed by atoms with Gasteiger partial charge in [0.25, 0.3) is 0 Å². The first kappa shape index (κ1) is 15.8. The standard InChI is InChI=1S/C13H18N4O3/c1-19-11-6-3-5-10(9-11)12(13(18)20-2)15-7-4-8-16-17-14/h3,5-6,9,12,15H,4,7-8H2,1-2H3. The third kappa shape index (κ3) is 4.79. The number of azide groups is 1. The second-order valence-electron chi connectivity index (χ2n) is 3.99. The van der Waals surface area contributed by atoms with Crippen LogP contribution in [-0.4, -0.2) is 33.3 Å². The fourth-order valence-corrected chi connectivity index (χ4v) is 1.72. The zero-order valence-corrected chi connectivity index (χ0v) is 11.6. The summed E-state index contributed by atoms with van der Waals surface area (Å²) in [6.07, 6.45) is 0.640. The smallest absolute Gasteiger partial charge is 0.327 e. The summed E-state index contributed by atoms with van der Waals surface area (Å²) in [7, 11) is 2.91. The van der Waals surface area contributed by atoms with E-state index in [1.165, 1.54) is 7.11 Å². The molecule has 7 nitrogen and oxygen atoms in total. The molecule has 0 aliphatic carbocycles. The quantitative estimate of drug-likeness (QED) is 0.259. The predicted molar refractivity (Wildman–Crippen MR) is 74.4 cm³/mol. The molecule has 1 atom stereocenters. The van der Waals surface area contributed by atoms with Gasteiger partial charge in [-0.3, -0.25) is 0 Å². The Hall–Kier alpha value is -2.24. The minimum absolute atomic E-state index is 0.373. The lowest BCUT2D eigenvalue weighted by Crippen LogP contribution is -2.30. The number of hydrogen-bond donors (Lipinski definition) is 1. The van der Waals surface area contributed by atoms with Crippen LogP contribution in [0.2, 0.25) is 0 Å². The number of esters is 1. The van der Waals surface area contributed by atoms with E-state index in [4.69, 9.17) is 15.0 Å². The molecule has 1 aromatic carbocycles. The van der Waals surface area contributed by atoms with Crippen LogP contribution in [0.3, 0.4) is 0 Å². The monoisotopic (exact) mass is 278 g/mol. The normalized spacial score (nSPS) is 11.3. The third-order valence-electron chi connectivity index (χ3n) is 2.71. The Morgan fingerprint density at radius 1 is 1.50 bits per heavy atom. The van der Waals surface area contributed by atoms with E-state index in [1.807, 2.05) is 12.1 Å². The molecule has 0 heterocycles. The van der Waals surface area contributed by atoms with Gasteiger partial charge < -0.3 is 14.8 Å². The molecule has 7 heteroatoms. The summed E-state index contributed by atoms with van der Waals surface area (Å²) in [4.78, 5) is 14.5. The highest BCUT2D eigenvalue weighted by Gasteiger charge is 2.20. The molecule has 1 rings (SSSR count). The molecule has 0 aliphatic rings. The first-order valence-corrected chi connectivity index (χ1v) is 6.19. The van der Waals surface area contributed by atoms with Crippen molar-refractivity contribution in [3.63, 3.8) is 0 Å². The highest BCUT2D eigenvalue weighted by molar-refractivity contribution is 5.77. The summed E-state index contributed by atoms with van der Waals surface area (Å²) in [6, 6.07) is 6.65. The van der Waals surface area contributed by atoms with E-state index in [9.17, 15) is 4.79 Å². The minimum Gasteiger partial charge on any atom is -0.497 e. The average Bonchev–Trinajstić information content (AvgIpc) is 2.50. The number of carbonyl (C=O) groups excluding carboxylic acids is 1. The van der Waals surface area contributed by atoms with E-state index in [-0.39, 0.29) is 5.97 Å². The van der Waals surface area contributed by atoms with Gasteiger partial charge in [-0.15, -0.1) is 0 Å². The molecular formula is C13H18N4O3. The molecule has 0 fully saturated rings. The van der Waals surface area contributed by atoms with Crippen LogP contribution in [0.5, 0.6) is 5.75 Å². The Kier molecular flexibility index (Phi) is 6.95. The fraction of sp³-hybridized carbons (Fsp3) is 0.462. The number of rotatable bonds is 8. The molecule has 0 saturated heterocycles. The lowest BCUT2D eigenvalue weighted by atomic mass is 10.1. The first-order chi connectivity index (χ1) is 9.72. The van der Waals surface area contributed by atoms with Crippen molar-refractivity contribution in [2.45, 2.75) is 12.5 Å². The fourth-order valence-electron chi connectivity index (χ4n) is 1.72. The molecule has 0 amide bonds. The Bertz CT molecular complexity index is 486. The zero-order chi connectivity index (χ0) is 14.8. The summed E-state index contributed by atoms with van der Waals surface area (Å²) in [5.41, 5.74) is 8.95. The number of nitrogens with zero attached hydrogens (tertiary/aromatic N) is 3. The lowest BCUT2D eigenvalue weighted by molar-refractivity contribution is -0.143.